The van der Waals surface area contributed by atoms with Crippen molar-refractivity contribution in [1.29, 1.82) is 0 Å². The molecule has 32 heavy (non-hydrogen) atoms. The van der Waals surface area contributed by atoms with E-state index < -0.39 is 5.91 Å². The van der Waals surface area contributed by atoms with Crippen molar-refractivity contribution in [3.05, 3.63) is 101 Å². The number of aryl methyl sites for hydroxylation is 2. The number of aromatic nitrogens is 1. The number of benzene rings is 3. The summed E-state index contributed by atoms with van der Waals surface area (Å²) in [6.07, 6.45) is 1.67. The average molecular weight is 421 g/mol. The number of hydrogen-bond donors (Lipinski definition) is 1. The van der Waals surface area contributed by atoms with Crippen LogP contribution in [0, 0.1) is 13.8 Å². The van der Waals surface area contributed by atoms with Gasteiger partial charge >= 0.3 is 0 Å². The lowest BCUT2D eigenvalue weighted by molar-refractivity contribution is 0.0925. The highest BCUT2D eigenvalue weighted by molar-refractivity contribution is 6.35. The van der Waals surface area contributed by atoms with Crippen LogP contribution in [0.25, 0.3) is 10.9 Å². The van der Waals surface area contributed by atoms with Gasteiger partial charge in [0, 0.05) is 17.1 Å². The molecule has 6 nitrogen and oxygen atoms in total. The maximum Gasteiger partial charge on any atom is 0.266 e. The molecule has 3 amide bonds. The minimum atomic E-state index is -0.430. The first-order valence-electron chi connectivity index (χ1n) is 10.2. The van der Waals surface area contributed by atoms with Crippen LogP contribution in [-0.2, 0) is 0 Å². The molecular weight excluding hydrogens is 402 g/mol. The molecule has 0 spiro atoms. The van der Waals surface area contributed by atoms with Crippen LogP contribution in [0.15, 0.2) is 72.9 Å². The molecular formula is C26H19N3O3. The second-order valence-corrected chi connectivity index (χ2v) is 7.83. The number of para-hydroxylation sites is 1. The Morgan fingerprint density at radius 1 is 0.875 bits per heavy atom. The molecule has 1 aromatic heterocycles. The second-order valence-electron chi connectivity index (χ2n) is 7.83. The molecule has 0 bridgehead atoms. The maximum absolute atomic E-state index is 13.1. The zero-order chi connectivity index (χ0) is 22.4. The van der Waals surface area contributed by atoms with Gasteiger partial charge < -0.3 is 5.32 Å². The van der Waals surface area contributed by atoms with Gasteiger partial charge in [0.15, 0.2) is 0 Å². The van der Waals surface area contributed by atoms with Crippen molar-refractivity contribution in [1.82, 2.24) is 4.98 Å². The highest BCUT2D eigenvalue weighted by atomic mass is 16.2. The van der Waals surface area contributed by atoms with Crippen molar-refractivity contribution in [2.45, 2.75) is 13.8 Å². The molecule has 6 heteroatoms. The standard InChI is InChI=1S/C26H19N3O3/c1-15-8-9-16(2)22(13-15)29-25(31)19-11-10-18(14-20(19)26(29)32)24(30)28-21-7-3-5-17-6-4-12-27-23(17)21/h3-14H,1-2H3,(H,28,30). The first-order chi connectivity index (χ1) is 15.4. The quantitative estimate of drug-likeness (QED) is 0.477. The molecule has 0 unspecified atom stereocenters. The molecule has 3 aromatic carbocycles. The predicted octanol–water partition coefficient (Wildman–Crippen LogP) is 4.90. The average Bonchev–Trinajstić information content (AvgIpc) is 3.05. The van der Waals surface area contributed by atoms with Crippen molar-refractivity contribution in [2.24, 2.45) is 0 Å². The third kappa shape index (κ3) is 3.13. The number of carbonyl (C=O) groups is 3. The van der Waals surface area contributed by atoms with Crippen molar-refractivity contribution in [3.63, 3.8) is 0 Å². The number of hydrogen-bond acceptors (Lipinski definition) is 4. The van der Waals surface area contributed by atoms with E-state index in [2.05, 4.69) is 10.3 Å². The number of amides is 3. The maximum atomic E-state index is 13.1. The van der Waals surface area contributed by atoms with Gasteiger partial charge in [0.2, 0.25) is 0 Å². The van der Waals surface area contributed by atoms with E-state index in [1.54, 1.807) is 18.3 Å². The number of nitrogens with zero attached hydrogens (tertiary/aromatic N) is 2. The monoisotopic (exact) mass is 421 g/mol. The Hall–Kier alpha value is -4.32. The molecule has 2 heterocycles. The molecule has 1 aliphatic heterocycles. The van der Waals surface area contributed by atoms with Gasteiger partial charge in [-0.25, -0.2) is 4.90 Å². The number of nitrogens with one attached hydrogen (secondary N) is 1. The number of imide groups is 1. The molecule has 0 aliphatic carbocycles. The van der Waals surface area contributed by atoms with Gasteiger partial charge in [-0.2, -0.15) is 0 Å². The Balaban J connectivity index is 1.48. The highest BCUT2D eigenvalue weighted by Crippen LogP contribution is 2.32. The number of rotatable bonds is 3. The normalized spacial score (nSPS) is 12.9. The van der Waals surface area contributed by atoms with Gasteiger partial charge in [0.25, 0.3) is 17.7 Å². The van der Waals surface area contributed by atoms with Gasteiger partial charge in [-0.15, -0.1) is 0 Å². The van der Waals surface area contributed by atoms with Crippen LogP contribution in [0.2, 0.25) is 0 Å². The highest BCUT2D eigenvalue weighted by Gasteiger charge is 2.37. The summed E-state index contributed by atoms with van der Waals surface area (Å²) < 4.78 is 0. The summed E-state index contributed by atoms with van der Waals surface area (Å²) in [7, 11) is 0. The van der Waals surface area contributed by atoms with Crippen LogP contribution < -0.4 is 10.2 Å². The van der Waals surface area contributed by atoms with Gasteiger partial charge in [0.1, 0.15) is 0 Å². The molecule has 0 fully saturated rings. The molecule has 0 radical (unpaired) electrons. The lowest BCUT2D eigenvalue weighted by atomic mass is 10.1. The summed E-state index contributed by atoms with van der Waals surface area (Å²) in [5.74, 6) is -1.19. The predicted molar refractivity (Wildman–Crippen MR) is 123 cm³/mol. The van der Waals surface area contributed by atoms with E-state index in [1.165, 1.54) is 17.0 Å². The van der Waals surface area contributed by atoms with Crippen LogP contribution in [0.1, 0.15) is 42.2 Å². The summed E-state index contributed by atoms with van der Waals surface area (Å²) in [4.78, 5) is 44.6. The van der Waals surface area contributed by atoms with E-state index in [0.717, 1.165) is 16.5 Å². The first kappa shape index (κ1) is 19.6. The van der Waals surface area contributed by atoms with E-state index in [9.17, 15) is 14.4 Å². The zero-order valence-corrected chi connectivity index (χ0v) is 17.5. The Bertz CT molecular complexity index is 1440. The minimum Gasteiger partial charge on any atom is -0.320 e. The third-order valence-electron chi connectivity index (χ3n) is 5.64. The minimum absolute atomic E-state index is 0.222. The molecule has 4 aromatic rings. The molecule has 5 rings (SSSR count). The van der Waals surface area contributed by atoms with Gasteiger partial charge in [-0.1, -0.05) is 30.3 Å². The summed E-state index contributed by atoms with van der Waals surface area (Å²) in [5, 5.41) is 3.77. The molecule has 1 N–H and O–H groups in total. The summed E-state index contributed by atoms with van der Waals surface area (Å²) >= 11 is 0. The molecule has 156 valence electrons. The summed E-state index contributed by atoms with van der Waals surface area (Å²) in [5.41, 5.74) is 4.39. The van der Waals surface area contributed by atoms with Crippen LogP contribution >= 0.6 is 0 Å². The van der Waals surface area contributed by atoms with Crippen LogP contribution in [0.3, 0.4) is 0 Å². The van der Waals surface area contributed by atoms with Gasteiger partial charge in [-0.3, -0.25) is 19.4 Å². The van der Waals surface area contributed by atoms with Crippen LogP contribution in [-0.4, -0.2) is 22.7 Å². The Labute approximate surface area is 184 Å². The summed E-state index contributed by atoms with van der Waals surface area (Å²) in [6, 6.07) is 19.5. The fourth-order valence-electron chi connectivity index (χ4n) is 3.96. The van der Waals surface area contributed by atoms with Crippen LogP contribution in [0.5, 0.6) is 0 Å². The fourth-order valence-corrected chi connectivity index (χ4v) is 3.96. The fraction of sp³-hybridized carbons (Fsp3) is 0.0769. The number of carbonyl (C=O) groups excluding carboxylic acids is 3. The van der Waals surface area contributed by atoms with E-state index in [0.29, 0.717) is 28.0 Å². The molecule has 0 atom stereocenters. The van der Waals surface area contributed by atoms with E-state index in [1.807, 2.05) is 56.3 Å². The SMILES string of the molecule is Cc1ccc(C)c(N2C(=O)c3ccc(C(=O)Nc4cccc5cccnc45)cc3C2=O)c1. The van der Waals surface area contributed by atoms with Crippen molar-refractivity contribution >= 4 is 40.0 Å². The number of fused-ring (bicyclic) bond motifs is 2. The lowest BCUT2D eigenvalue weighted by Crippen LogP contribution is -2.30. The smallest absolute Gasteiger partial charge is 0.266 e. The Morgan fingerprint density at radius 3 is 2.50 bits per heavy atom. The van der Waals surface area contributed by atoms with Crippen molar-refractivity contribution < 1.29 is 14.4 Å². The Morgan fingerprint density at radius 2 is 1.66 bits per heavy atom. The van der Waals surface area contributed by atoms with Crippen LogP contribution in [0.4, 0.5) is 11.4 Å². The van der Waals surface area contributed by atoms with E-state index in [-0.39, 0.29) is 17.4 Å². The van der Waals surface area contributed by atoms with E-state index in [4.69, 9.17) is 0 Å². The van der Waals surface area contributed by atoms with Crippen molar-refractivity contribution in [2.75, 3.05) is 10.2 Å². The van der Waals surface area contributed by atoms with E-state index >= 15 is 0 Å². The second kappa shape index (κ2) is 7.42. The lowest BCUT2D eigenvalue weighted by Gasteiger charge is -2.17. The van der Waals surface area contributed by atoms with Crippen molar-refractivity contribution in [3.8, 4) is 0 Å². The molecule has 1 aliphatic rings. The van der Waals surface area contributed by atoms with Gasteiger partial charge in [-0.05, 0) is 61.4 Å². The third-order valence-corrected chi connectivity index (χ3v) is 5.64. The largest absolute Gasteiger partial charge is 0.320 e. The first-order valence-corrected chi connectivity index (χ1v) is 10.2. The number of anilines is 2. The molecule has 0 saturated carbocycles. The van der Waals surface area contributed by atoms with Gasteiger partial charge in [0.05, 0.1) is 28.0 Å². The topological polar surface area (TPSA) is 79.4 Å². The molecule has 0 saturated heterocycles. The zero-order valence-electron chi connectivity index (χ0n) is 17.5. The summed E-state index contributed by atoms with van der Waals surface area (Å²) in [6.45, 7) is 3.76. The number of pyridine rings is 1. The Kier molecular flexibility index (Phi) is 4.56.